The Kier molecular flexibility index (Phi) is 4.35. The molecule has 1 atom stereocenters. The second-order valence-corrected chi connectivity index (χ2v) is 5.46. The van der Waals surface area contributed by atoms with Crippen LogP contribution in [0.1, 0.15) is 12.5 Å². The van der Waals surface area contributed by atoms with E-state index >= 15 is 0 Å². The van der Waals surface area contributed by atoms with E-state index in [0.29, 0.717) is 16.9 Å². The van der Waals surface area contributed by atoms with Crippen LogP contribution in [-0.2, 0) is 11.2 Å². The molecule has 5 heteroatoms. The first kappa shape index (κ1) is 13.5. The maximum absolute atomic E-state index is 13.0. The molecule has 0 spiro atoms. The highest BCUT2D eigenvalue weighted by molar-refractivity contribution is 9.10. The normalized spacial score (nSPS) is 19.9. The van der Waals surface area contributed by atoms with Crippen LogP contribution in [0.4, 0.5) is 4.39 Å². The van der Waals surface area contributed by atoms with Crippen molar-refractivity contribution < 1.29 is 9.18 Å². The van der Waals surface area contributed by atoms with E-state index in [2.05, 4.69) is 28.2 Å². The summed E-state index contributed by atoms with van der Waals surface area (Å²) in [6.45, 7) is 4.37. The Morgan fingerprint density at radius 1 is 1.61 bits per heavy atom. The molecule has 0 bridgehead atoms. The lowest BCUT2D eigenvalue weighted by atomic mass is 10.1. The SMILES string of the molecule is C[C@H]1CN(C(=O)Cc2ccc(F)cc2Br)CCN1. The Bertz CT molecular complexity index is 453. The Labute approximate surface area is 114 Å². The summed E-state index contributed by atoms with van der Waals surface area (Å²) >= 11 is 3.29. The van der Waals surface area contributed by atoms with Crippen molar-refractivity contribution in [3.8, 4) is 0 Å². The lowest BCUT2D eigenvalue weighted by molar-refractivity contribution is -0.131. The molecular weight excluding hydrogens is 299 g/mol. The first-order chi connectivity index (χ1) is 8.56. The largest absolute Gasteiger partial charge is 0.340 e. The van der Waals surface area contributed by atoms with Gasteiger partial charge in [-0.05, 0) is 24.6 Å². The number of piperazine rings is 1. The Morgan fingerprint density at radius 2 is 2.39 bits per heavy atom. The van der Waals surface area contributed by atoms with Gasteiger partial charge in [0, 0.05) is 30.1 Å². The predicted octanol–water partition coefficient (Wildman–Crippen LogP) is 1.95. The molecule has 0 radical (unpaired) electrons. The van der Waals surface area contributed by atoms with E-state index in [9.17, 15) is 9.18 Å². The summed E-state index contributed by atoms with van der Waals surface area (Å²) in [5.41, 5.74) is 0.826. The number of carbonyl (C=O) groups is 1. The third kappa shape index (κ3) is 3.29. The van der Waals surface area contributed by atoms with Crippen LogP contribution in [0.3, 0.4) is 0 Å². The van der Waals surface area contributed by atoms with Crippen LogP contribution < -0.4 is 5.32 Å². The number of amides is 1. The maximum atomic E-state index is 13.0. The zero-order valence-electron chi connectivity index (χ0n) is 10.2. The third-order valence-corrected chi connectivity index (χ3v) is 3.82. The molecule has 0 aliphatic carbocycles. The van der Waals surface area contributed by atoms with Crippen molar-refractivity contribution in [3.05, 3.63) is 34.1 Å². The minimum Gasteiger partial charge on any atom is -0.340 e. The fourth-order valence-electron chi connectivity index (χ4n) is 2.10. The first-order valence-corrected chi connectivity index (χ1v) is 6.80. The minimum absolute atomic E-state index is 0.0932. The fourth-order valence-corrected chi connectivity index (χ4v) is 2.59. The number of nitrogens with one attached hydrogen (secondary N) is 1. The molecule has 0 aromatic heterocycles. The van der Waals surface area contributed by atoms with Crippen molar-refractivity contribution in [1.29, 1.82) is 0 Å². The molecule has 1 amide bonds. The molecule has 18 heavy (non-hydrogen) atoms. The average molecular weight is 315 g/mol. The van der Waals surface area contributed by atoms with Gasteiger partial charge in [0.25, 0.3) is 0 Å². The molecular formula is C13H16BrFN2O. The van der Waals surface area contributed by atoms with Crippen molar-refractivity contribution in [2.75, 3.05) is 19.6 Å². The summed E-state index contributed by atoms with van der Waals surface area (Å²) < 4.78 is 13.6. The van der Waals surface area contributed by atoms with Crippen LogP contribution in [0.2, 0.25) is 0 Å². The molecule has 0 unspecified atom stereocenters. The third-order valence-electron chi connectivity index (χ3n) is 3.08. The molecule has 1 aliphatic heterocycles. The zero-order valence-corrected chi connectivity index (χ0v) is 11.8. The van der Waals surface area contributed by atoms with Crippen molar-refractivity contribution in [2.45, 2.75) is 19.4 Å². The van der Waals surface area contributed by atoms with E-state index in [0.717, 1.165) is 25.2 Å². The predicted molar refractivity (Wildman–Crippen MR) is 71.8 cm³/mol. The minimum atomic E-state index is -0.297. The Balaban J connectivity index is 2.02. The number of hydrogen-bond acceptors (Lipinski definition) is 2. The Hall–Kier alpha value is -0.940. The lowest BCUT2D eigenvalue weighted by Gasteiger charge is -2.32. The molecule has 3 nitrogen and oxygen atoms in total. The topological polar surface area (TPSA) is 32.3 Å². The van der Waals surface area contributed by atoms with Gasteiger partial charge in [0.1, 0.15) is 5.82 Å². The van der Waals surface area contributed by atoms with Crippen molar-refractivity contribution >= 4 is 21.8 Å². The maximum Gasteiger partial charge on any atom is 0.227 e. The summed E-state index contributed by atoms with van der Waals surface area (Å²) in [5, 5.41) is 3.30. The highest BCUT2D eigenvalue weighted by Crippen LogP contribution is 2.19. The fraction of sp³-hybridized carbons (Fsp3) is 0.462. The van der Waals surface area contributed by atoms with Crippen LogP contribution in [0.15, 0.2) is 22.7 Å². The van der Waals surface area contributed by atoms with Gasteiger partial charge in [0.15, 0.2) is 0 Å². The highest BCUT2D eigenvalue weighted by Gasteiger charge is 2.21. The smallest absolute Gasteiger partial charge is 0.227 e. The molecule has 1 aromatic rings. The van der Waals surface area contributed by atoms with E-state index < -0.39 is 0 Å². The molecule has 0 saturated carbocycles. The van der Waals surface area contributed by atoms with Gasteiger partial charge in [-0.1, -0.05) is 22.0 Å². The summed E-state index contributed by atoms with van der Waals surface area (Å²) in [7, 11) is 0. The van der Waals surface area contributed by atoms with Gasteiger partial charge in [-0.2, -0.15) is 0 Å². The van der Waals surface area contributed by atoms with E-state index in [1.54, 1.807) is 6.07 Å². The molecule has 98 valence electrons. The van der Waals surface area contributed by atoms with Crippen LogP contribution >= 0.6 is 15.9 Å². The zero-order chi connectivity index (χ0) is 13.1. The van der Waals surface area contributed by atoms with E-state index in [4.69, 9.17) is 0 Å². The second-order valence-electron chi connectivity index (χ2n) is 4.61. The standard InChI is InChI=1S/C13H16BrFN2O/c1-9-8-17(5-4-16-9)13(18)6-10-2-3-11(15)7-12(10)14/h2-3,7,9,16H,4-6,8H2,1H3/t9-/m0/s1. The van der Waals surface area contributed by atoms with Crippen LogP contribution in [-0.4, -0.2) is 36.5 Å². The van der Waals surface area contributed by atoms with Crippen molar-refractivity contribution in [3.63, 3.8) is 0 Å². The molecule has 1 N–H and O–H groups in total. The number of nitrogens with zero attached hydrogens (tertiary/aromatic N) is 1. The highest BCUT2D eigenvalue weighted by atomic mass is 79.9. The summed E-state index contributed by atoms with van der Waals surface area (Å²) in [5.74, 6) is -0.204. The number of halogens is 2. The quantitative estimate of drug-likeness (QED) is 0.905. The molecule has 1 aromatic carbocycles. The average Bonchev–Trinajstić information content (AvgIpc) is 2.32. The first-order valence-electron chi connectivity index (χ1n) is 6.01. The van der Waals surface area contributed by atoms with Crippen molar-refractivity contribution in [2.24, 2.45) is 0 Å². The van der Waals surface area contributed by atoms with Gasteiger partial charge >= 0.3 is 0 Å². The van der Waals surface area contributed by atoms with Gasteiger partial charge in [0.05, 0.1) is 6.42 Å². The summed E-state index contributed by atoms with van der Waals surface area (Å²) in [4.78, 5) is 14.0. The summed E-state index contributed by atoms with van der Waals surface area (Å²) in [6, 6.07) is 4.76. The van der Waals surface area contributed by atoms with Gasteiger partial charge in [-0.3, -0.25) is 4.79 Å². The lowest BCUT2D eigenvalue weighted by Crippen LogP contribution is -2.51. The number of benzene rings is 1. The molecule has 1 heterocycles. The second kappa shape index (κ2) is 5.80. The molecule has 1 fully saturated rings. The molecule has 2 rings (SSSR count). The van der Waals surface area contributed by atoms with E-state index in [1.165, 1.54) is 12.1 Å². The van der Waals surface area contributed by atoms with Gasteiger partial charge in [-0.25, -0.2) is 4.39 Å². The van der Waals surface area contributed by atoms with Crippen LogP contribution in [0, 0.1) is 5.82 Å². The van der Waals surface area contributed by atoms with Crippen molar-refractivity contribution in [1.82, 2.24) is 10.2 Å². The van der Waals surface area contributed by atoms with Gasteiger partial charge < -0.3 is 10.2 Å². The Morgan fingerprint density at radius 3 is 3.06 bits per heavy atom. The number of hydrogen-bond donors (Lipinski definition) is 1. The van der Waals surface area contributed by atoms with Crippen LogP contribution in [0.25, 0.3) is 0 Å². The number of carbonyl (C=O) groups excluding carboxylic acids is 1. The van der Waals surface area contributed by atoms with E-state index in [1.807, 2.05) is 4.90 Å². The van der Waals surface area contributed by atoms with Gasteiger partial charge in [0.2, 0.25) is 5.91 Å². The van der Waals surface area contributed by atoms with E-state index in [-0.39, 0.29) is 11.7 Å². The summed E-state index contributed by atoms with van der Waals surface area (Å²) in [6.07, 6.45) is 0.313. The molecule has 1 saturated heterocycles. The van der Waals surface area contributed by atoms with Crippen LogP contribution in [0.5, 0.6) is 0 Å². The number of rotatable bonds is 2. The molecule has 1 aliphatic rings. The monoisotopic (exact) mass is 314 g/mol. The van der Waals surface area contributed by atoms with Gasteiger partial charge in [-0.15, -0.1) is 0 Å².